The molecule has 3 aromatic heterocycles. The molecule has 168 valence electrons. The van der Waals surface area contributed by atoms with Gasteiger partial charge in [-0.1, -0.05) is 6.92 Å². The number of carbonyl (C=O) groups excluding carboxylic acids is 1. The topological polar surface area (TPSA) is 86.4 Å². The minimum atomic E-state index is -3.57. The Kier molecular flexibility index (Phi) is 6.18. The molecular formula is C22H24N4O4S2. The first-order chi connectivity index (χ1) is 15.3. The summed E-state index contributed by atoms with van der Waals surface area (Å²) in [5.41, 5.74) is 2.13. The lowest BCUT2D eigenvalue weighted by Gasteiger charge is -2.11. The van der Waals surface area contributed by atoms with Crippen molar-refractivity contribution < 1.29 is 17.9 Å². The highest BCUT2D eigenvalue weighted by molar-refractivity contribution is 7.89. The number of rotatable bonds is 8. The van der Waals surface area contributed by atoms with Crippen LogP contribution in [0.4, 0.5) is 0 Å². The van der Waals surface area contributed by atoms with E-state index < -0.39 is 16.0 Å². The summed E-state index contributed by atoms with van der Waals surface area (Å²) in [5, 5.41) is 1.85. The van der Waals surface area contributed by atoms with Crippen molar-refractivity contribution >= 4 is 38.4 Å². The van der Waals surface area contributed by atoms with Crippen LogP contribution in [-0.4, -0.2) is 46.9 Å². The van der Waals surface area contributed by atoms with Crippen molar-refractivity contribution in [2.24, 2.45) is 0 Å². The van der Waals surface area contributed by atoms with Crippen molar-refractivity contribution in [1.29, 1.82) is 0 Å². The van der Waals surface area contributed by atoms with Crippen LogP contribution in [0.25, 0.3) is 16.7 Å². The molecule has 0 saturated heterocycles. The van der Waals surface area contributed by atoms with Gasteiger partial charge >= 0.3 is 5.97 Å². The summed E-state index contributed by atoms with van der Waals surface area (Å²) in [6.07, 6.45) is 4.60. The summed E-state index contributed by atoms with van der Waals surface area (Å²) in [4.78, 5) is 18.1. The zero-order valence-corrected chi connectivity index (χ0v) is 19.7. The van der Waals surface area contributed by atoms with E-state index in [4.69, 9.17) is 4.74 Å². The maximum Gasteiger partial charge on any atom is 0.350 e. The highest BCUT2D eigenvalue weighted by Gasteiger charge is 2.21. The maximum atomic E-state index is 12.8. The van der Waals surface area contributed by atoms with Crippen molar-refractivity contribution in [2.75, 3.05) is 14.1 Å². The molecular weight excluding hydrogens is 448 g/mol. The minimum absolute atomic E-state index is 0.00764. The van der Waals surface area contributed by atoms with Crippen molar-refractivity contribution in [3.05, 3.63) is 64.9 Å². The van der Waals surface area contributed by atoms with Crippen LogP contribution >= 0.6 is 11.3 Å². The first kappa shape index (κ1) is 22.3. The number of hydrogen-bond donors (Lipinski definition) is 0. The molecule has 0 unspecified atom stereocenters. The van der Waals surface area contributed by atoms with Crippen LogP contribution < -0.4 is 0 Å². The third-order valence-corrected chi connectivity index (χ3v) is 7.76. The van der Waals surface area contributed by atoms with Gasteiger partial charge in [-0.15, -0.1) is 11.3 Å². The van der Waals surface area contributed by atoms with Crippen molar-refractivity contribution in [2.45, 2.75) is 31.4 Å². The van der Waals surface area contributed by atoms with Gasteiger partial charge in [-0.25, -0.2) is 22.5 Å². The molecule has 4 rings (SSSR count). The average molecular weight is 473 g/mol. The van der Waals surface area contributed by atoms with Crippen LogP contribution in [0.1, 0.15) is 28.8 Å². The Hall–Kier alpha value is -2.95. The zero-order chi connectivity index (χ0) is 22.9. The molecule has 4 aromatic rings. The molecule has 0 saturated carbocycles. The monoisotopic (exact) mass is 472 g/mol. The molecule has 3 heterocycles. The summed E-state index contributed by atoms with van der Waals surface area (Å²) in [7, 11) is -0.583. The second kappa shape index (κ2) is 8.89. The van der Waals surface area contributed by atoms with E-state index in [0.717, 1.165) is 17.6 Å². The standard InChI is InChI=1S/C22H24N4O4S2/c1-4-10-26-18-8-7-16(32(28,29)24(2)3)14-17(18)23-20(26)15-30-22(27)21-19(9-13-31-21)25-11-5-6-12-25/h5-9,11-14H,4,10,15H2,1-3H3. The molecule has 0 fully saturated rings. The number of aromatic nitrogens is 3. The van der Waals surface area contributed by atoms with Crippen LogP contribution in [0.5, 0.6) is 0 Å². The number of hydrogen-bond acceptors (Lipinski definition) is 6. The number of fused-ring (bicyclic) bond motifs is 1. The van der Waals surface area contributed by atoms with Crippen LogP contribution in [0.3, 0.4) is 0 Å². The van der Waals surface area contributed by atoms with Crippen molar-refractivity contribution in [1.82, 2.24) is 18.4 Å². The molecule has 0 N–H and O–H groups in total. The first-order valence-corrected chi connectivity index (χ1v) is 12.4. The third kappa shape index (κ3) is 4.08. The molecule has 10 heteroatoms. The Bertz CT molecular complexity index is 1350. The molecule has 0 aliphatic rings. The Balaban J connectivity index is 1.62. The molecule has 0 aliphatic heterocycles. The van der Waals surface area contributed by atoms with E-state index in [2.05, 4.69) is 4.98 Å². The van der Waals surface area contributed by atoms with E-state index in [1.807, 2.05) is 52.0 Å². The fraction of sp³-hybridized carbons (Fsp3) is 0.273. The normalized spacial score (nSPS) is 12.0. The summed E-state index contributed by atoms with van der Waals surface area (Å²) in [6.45, 7) is 2.71. The largest absolute Gasteiger partial charge is 0.453 e. The van der Waals surface area contributed by atoms with Gasteiger partial charge in [-0.05, 0) is 48.2 Å². The predicted molar refractivity (Wildman–Crippen MR) is 124 cm³/mol. The second-order valence-corrected chi connectivity index (χ2v) is 10.5. The van der Waals surface area contributed by atoms with Gasteiger partial charge in [0.05, 0.1) is 21.6 Å². The molecule has 0 aliphatic carbocycles. The van der Waals surface area contributed by atoms with Crippen LogP contribution in [0, 0.1) is 0 Å². The molecule has 0 radical (unpaired) electrons. The Morgan fingerprint density at radius 3 is 2.62 bits per heavy atom. The number of esters is 1. The summed E-state index contributed by atoms with van der Waals surface area (Å²) in [6, 6.07) is 10.6. The molecule has 1 aromatic carbocycles. The average Bonchev–Trinajstić information content (AvgIpc) is 3.51. The number of carbonyl (C=O) groups is 1. The van der Waals surface area contributed by atoms with Crippen LogP contribution in [0.2, 0.25) is 0 Å². The van der Waals surface area contributed by atoms with Gasteiger partial charge in [-0.3, -0.25) is 0 Å². The minimum Gasteiger partial charge on any atom is -0.453 e. The quantitative estimate of drug-likeness (QED) is 0.363. The molecule has 0 atom stereocenters. The number of imidazole rings is 1. The van der Waals surface area contributed by atoms with Gasteiger partial charge in [0.1, 0.15) is 17.3 Å². The fourth-order valence-corrected chi connectivity index (χ4v) is 5.17. The van der Waals surface area contributed by atoms with Gasteiger partial charge in [0, 0.05) is 33.0 Å². The summed E-state index contributed by atoms with van der Waals surface area (Å²) < 4.78 is 35.6. The lowest BCUT2D eigenvalue weighted by Crippen LogP contribution is -2.22. The van der Waals surface area contributed by atoms with E-state index in [1.165, 1.54) is 29.7 Å². The number of benzene rings is 1. The van der Waals surface area contributed by atoms with Crippen molar-refractivity contribution in [3.63, 3.8) is 0 Å². The predicted octanol–water partition coefficient (Wildman–Crippen LogP) is 3.91. The van der Waals surface area contributed by atoms with Gasteiger partial charge < -0.3 is 13.9 Å². The van der Waals surface area contributed by atoms with Gasteiger partial charge in [-0.2, -0.15) is 0 Å². The van der Waals surface area contributed by atoms with Gasteiger partial charge in [0.2, 0.25) is 10.0 Å². The summed E-state index contributed by atoms with van der Waals surface area (Å²) >= 11 is 1.32. The molecule has 8 nitrogen and oxygen atoms in total. The highest BCUT2D eigenvalue weighted by Crippen LogP contribution is 2.25. The molecule has 0 amide bonds. The zero-order valence-electron chi connectivity index (χ0n) is 18.1. The smallest absolute Gasteiger partial charge is 0.350 e. The lowest BCUT2D eigenvalue weighted by molar-refractivity contribution is 0.0464. The van der Waals surface area contributed by atoms with E-state index in [-0.39, 0.29) is 11.5 Å². The van der Waals surface area contributed by atoms with Gasteiger partial charge in [0.15, 0.2) is 0 Å². The SMILES string of the molecule is CCCn1c(COC(=O)c2sccc2-n2cccc2)nc2cc(S(=O)(=O)N(C)C)ccc21. The lowest BCUT2D eigenvalue weighted by atomic mass is 10.3. The second-order valence-electron chi connectivity index (χ2n) is 7.42. The molecule has 0 bridgehead atoms. The fourth-order valence-electron chi connectivity index (χ4n) is 3.46. The number of ether oxygens (including phenoxy) is 1. The number of sulfonamides is 1. The van der Waals surface area contributed by atoms with E-state index in [0.29, 0.717) is 22.8 Å². The van der Waals surface area contributed by atoms with Gasteiger partial charge in [0.25, 0.3) is 0 Å². The van der Waals surface area contributed by atoms with E-state index in [1.54, 1.807) is 18.2 Å². The number of aryl methyl sites for hydroxylation is 1. The Morgan fingerprint density at radius 2 is 1.94 bits per heavy atom. The maximum absolute atomic E-state index is 12.8. The Morgan fingerprint density at radius 1 is 1.19 bits per heavy atom. The van der Waals surface area contributed by atoms with Crippen LogP contribution in [-0.2, 0) is 27.9 Å². The van der Waals surface area contributed by atoms with Crippen LogP contribution in [0.15, 0.2) is 59.1 Å². The summed E-state index contributed by atoms with van der Waals surface area (Å²) in [5.74, 6) is 0.156. The van der Waals surface area contributed by atoms with E-state index in [9.17, 15) is 13.2 Å². The number of nitrogens with zero attached hydrogens (tertiary/aromatic N) is 4. The number of thiophene rings is 1. The van der Waals surface area contributed by atoms with E-state index >= 15 is 0 Å². The first-order valence-electron chi connectivity index (χ1n) is 10.1. The molecule has 32 heavy (non-hydrogen) atoms. The Labute approximate surface area is 190 Å². The molecule has 0 spiro atoms. The highest BCUT2D eigenvalue weighted by atomic mass is 32.2. The third-order valence-electron chi connectivity index (χ3n) is 5.07. The van der Waals surface area contributed by atoms with Crippen molar-refractivity contribution in [3.8, 4) is 5.69 Å².